The minimum atomic E-state index is -1.14. The van der Waals surface area contributed by atoms with E-state index in [1.165, 1.54) is 103 Å². The summed E-state index contributed by atoms with van der Waals surface area (Å²) in [6.07, 6.45) is 27.6. The Labute approximate surface area is 287 Å². The highest BCUT2D eigenvalue weighted by Crippen LogP contribution is 2.45. The van der Waals surface area contributed by atoms with Crippen molar-refractivity contribution < 1.29 is 20.1 Å². The molecule has 3 N–H and O–H groups in total. The molecular formula is C40H80O4S. The number of rotatable bonds is 34. The predicted molar refractivity (Wildman–Crippen MR) is 200 cm³/mol. The highest BCUT2D eigenvalue weighted by atomic mass is 32.1. The number of hydrogen-bond acceptors (Lipinski definition) is 5. The van der Waals surface area contributed by atoms with Gasteiger partial charge in [0.1, 0.15) is 6.10 Å². The minimum Gasteiger partial charge on any atom is -0.483 e. The highest BCUT2D eigenvalue weighted by molar-refractivity contribution is 7.80. The van der Waals surface area contributed by atoms with Crippen LogP contribution in [0.15, 0.2) is 0 Å². The zero-order valence-electron chi connectivity index (χ0n) is 31.0. The van der Waals surface area contributed by atoms with Crippen LogP contribution < -0.4 is 0 Å². The van der Waals surface area contributed by atoms with Crippen molar-refractivity contribution in [3.05, 3.63) is 0 Å². The lowest BCUT2D eigenvalue weighted by Crippen LogP contribution is -2.61. The molecule has 5 heteroatoms. The molecule has 0 aromatic heterocycles. The lowest BCUT2D eigenvalue weighted by atomic mass is 9.63. The van der Waals surface area contributed by atoms with Crippen LogP contribution in [0.3, 0.4) is 0 Å². The van der Waals surface area contributed by atoms with E-state index in [2.05, 4.69) is 27.7 Å². The van der Waals surface area contributed by atoms with Crippen molar-refractivity contribution in [3.8, 4) is 0 Å². The van der Waals surface area contributed by atoms with E-state index < -0.39 is 29.8 Å². The Morgan fingerprint density at radius 1 is 0.444 bits per heavy atom. The molecule has 4 unspecified atom stereocenters. The second-order valence-electron chi connectivity index (χ2n) is 14.1. The van der Waals surface area contributed by atoms with Gasteiger partial charge in [0.25, 0.3) is 0 Å². The second-order valence-corrected chi connectivity index (χ2v) is 14.6. The van der Waals surface area contributed by atoms with Gasteiger partial charge in [0.15, 0.2) is 5.05 Å². The van der Waals surface area contributed by atoms with Crippen molar-refractivity contribution in [3.63, 3.8) is 0 Å². The van der Waals surface area contributed by atoms with Crippen LogP contribution in [0.4, 0.5) is 0 Å². The lowest BCUT2D eigenvalue weighted by Gasteiger charge is -2.50. The van der Waals surface area contributed by atoms with Crippen LogP contribution in [-0.4, -0.2) is 44.8 Å². The Kier molecular flexibility index (Phi) is 30.9. The lowest BCUT2D eigenvalue weighted by molar-refractivity contribution is -0.197. The summed E-state index contributed by atoms with van der Waals surface area (Å²) in [6, 6.07) is 0. The van der Waals surface area contributed by atoms with Gasteiger partial charge in [-0.2, -0.15) is 0 Å². The van der Waals surface area contributed by atoms with Crippen LogP contribution >= 0.6 is 12.2 Å². The van der Waals surface area contributed by atoms with Gasteiger partial charge in [0, 0.05) is 6.42 Å². The van der Waals surface area contributed by atoms with E-state index in [9.17, 15) is 15.3 Å². The zero-order chi connectivity index (χ0) is 33.6. The van der Waals surface area contributed by atoms with E-state index in [1.54, 1.807) is 0 Å². The van der Waals surface area contributed by atoms with Gasteiger partial charge < -0.3 is 20.1 Å². The molecule has 0 aromatic carbocycles. The molecule has 0 rings (SSSR count). The first kappa shape index (κ1) is 44.8. The summed E-state index contributed by atoms with van der Waals surface area (Å²) < 4.78 is 6.59. The fraction of sp³-hybridized carbons (Fsp3) is 0.975. The summed E-state index contributed by atoms with van der Waals surface area (Å²) in [5, 5.41) is 37.2. The Morgan fingerprint density at radius 3 is 1.00 bits per heavy atom. The van der Waals surface area contributed by atoms with E-state index in [0.717, 1.165) is 51.4 Å². The molecule has 0 aliphatic carbocycles. The number of hydrogen-bond donors (Lipinski definition) is 3. The van der Waals surface area contributed by atoms with Gasteiger partial charge in [-0.1, -0.05) is 182 Å². The summed E-state index contributed by atoms with van der Waals surface area (Å²) in [5.74, 6) is 0. The van der Waals surface area contributed by atoms with Crippen molar-refractivity contribution in [2.75, 3.05) is 0 Å². The molecule has 0 saturated carbocycles. The fourth-order valence-corrected chi connectivity index (χ4v) is 7.29. The monoisotopic (exact) mass is 657 g/mol. The molecule has 0 aromatic rings. The maximum absolute atomic E-state index is 12.2. The molecule has 4 atom stereocenters. The average molecular weight is 657 g/mol. The molecule has 0 amide bonds. The normalized spacial score (nSPS) is 15.8. The van der Waals surface area contributed by atoms with Gasteiger partial charge in [0.05, 0.1) is 23.7 Å². The smallest absolute Gasteiger partial charge is 0.159 e. The van der Waals surface area contributed by atoms with Gasteiger partial charge in [-0.3, -0.25) is 0 Å². The Bertz CT molecular complexity index is 587. The molecule has 0 aliphatic rings. The summed E-state index contributed by atoms with van der Waals surface area (Å²) in [7, 11) is 0. The molecule has 0 spiro atoms. The van der Waals surface area contributed by atoms with Gasteiger partial charge in [-0.05, 0) is 44.3 Å². The standard InChI is InChI=1S/C40H80O4S/c1-6-11-15-19-23-27-31-35(41)40(36(42)32-28-24-20-16-12-7-2,37(43)33-29-25-21-17-13-8-3)38(44-39(45)10-5)34-30-26-22-18-14-9-4/h35-38,41-43H,6-34H2,1-5H3. The van der Waals surface area contributed by atoms with Crippen LogP contribution in [0.5, 0.6) is 0 Å². The molecule has 0 bridgehead atoms. The van der Waals surface area contributed by atoms with Gasteiger partial charge in [-0.15, -0.1) is 0 Å². The van der Waals surface area contributed by atoms with Crippen molar-refractivity contribution in [1.82, 2.24) is 0 Å². The van der Waals surface area contributed by atoms with Crippen LogP contribution in [0.25, 0.3) is 0 Å². The molecule has 45 heavy (non-hydrogen) atoms. The van der Waals surface area contributed by atoms with Crippen LogP contribution in [-0.2, 0) is 4.74 Å². The number of unbranched alkanes of at least 4 members (excludes halogenated alkanes) is 20. The first-order chi connectivity index (χ1) is 21.9. The van der Waals surface area contributed by atoms with Gasteiger partial charge in [-0.25, -0.2) is 0 Å². The third-order valence-electron chi connectivity index (χ3n) is 10.2. The van der Waals surface area contributed by atoms with Crippen molar-refractivity contribution in [1.29, 1.82) is 0 Å². The molecule has 0 saturated heterocycles. The Balaban J connectivity index is 6.24. The van der Waals surface area contributed by atoms with E-state index in [4.69, 9.17) is 17.0 Å². The summed E-state index contributed by atoms with van der Waals surface area (Å²) >= 11 is 5.67. The number of aliphatic hydroxyl groups excluding tert-OH is 3. The highest BCUT2D eigenvalue weighted by Gasteiger charge is 2.55. The maximum Gasteiger partial charge on any atom is 0.159 e. The Hall–Kier alpha value is -0.230. The topological polar surface area (TPSA) is 69.9 Å². The second kappa shape index (κ2) is 31.1. The third-order valence-corrected chi connectivity index (χ3v) is 10.5. The van der Waals surface area contributed by atoms with Crippen molar-refractivity contribution >= 4 is 17.3 Å². The average Bonchev–Trinajstić information content (AvgIpc) is 3.03. The largest absolute Gasteiger partial charge is 0.483 e. The number of thiocarbonyl (C=S) groups is 1. The van der Waals surface area contributed by atoms with Gasteiger partial charge >= 0.3 is 0 Å². The van der Waals surface area contributed by atoms with Crippen molar-refractivity contribution in [2.24, 2.45) is 5.41 Å². The summed E-state index contributed by atoms with van der Waals surface area (Å²) in [5.41, 5.74) is -1.14. The van der Waals surface area contributed by atoms with Gasteiger partial charge in [0.2, 0.25) is 0 Å². The quantitative estimate of drug-likeness (QED) is 0.0475. The van der Waals surface area contributed by atoms with E-state index in [1.807, 2.05) is 6.92 Å². The molecule has 0 fully saturated rings. The molecule has 270 valence electrons. The molecule has 0 aliphatic heterocycles. The number of ether oxygens (including phenoxy) is 1. The van der Waals surface area contributed by atoms with E-state index in [-0.39, 0.29) is 0 Å². The first-order valence-electron chi connectivity index (χ1n) is 20.1. The zero-order valence-corrected chi connectivity index (χ0v) is 31.8. The first-order valence-corrected chi connectivity index (χ1v) is 20.5. The summed E-state index contributed by atoms with van der Waals surface area (Å²) in [4.78, 5) is 0. The predicted octanol–water partition coefficient (Wildman–Crippen LogP) is 12.2. The minimum absolute atomic E-state index is 0.489. The van der Waals surface area contributed by atoms with Crippen molar-refractivity contribution in [2.45, 2.75) is 245 Å². The van der Waals surface area contributed by atoms with Crippen LogP contribution in [0, 0.1) is 5.41 Å². The fourth-order valence-electron chi connectivity index (χ4n) is 7.18. The van der Waals surface area contributed by atoms with Crippen LogP contribution in [0.2, 0.25) is 0 Å². The molecule has 0 heterocycles. The SMILES string of the molecule is CCCCCCCCC(O)C(C(O)CCCCCCCC)(C(O)CCCCCCCC)C(CCCCCCCC)OC(=S)CC. The van der Waals surface area contributed by atoms with E-state index in [0.29, 0.717) is 37.2 Å². The third kappa shape index (κ3) is 20.0. The summed E-state index contributed by atoms with van der Waals surface area (Å²) in [6.45, 7) is 11.0. The maximum atomic E-state index is 12.2. The van der Waals surface area contributed by atoms with E-state index >= 15 is 0 Å². The molecule has 4 nitrogen and oxygen atoms in total. The molecular weight excluding hydrogens is 577 g/mol. The number of aliphatic hydroxyl groups is 3. The Morgan fingerprint density at radius 2 is 0.711 bits per heavy atom. The molecule has 0 radical (unpaired) electrons. The van der Waals surface area contributed by atoms with Crippen LogP contribution in [0.1, 0.15) is 221 Å².